The molecule has 113 heavy (non-hydrogen) atoms. The highest BCUT2D eigenvalue weighted by molar-refractivity contribution is 7.90. The molecular weight excluding hydrogens is 1590 g/mol. The smallest absolute Gasteiger partial charge is 0.414 e. The largest absolute Gasteiger partial charge is 0.484 e. The number of sulfone groups is 1. The minimum absolute atomic E-state index is 0.00525. The van der Waals surface area contributed by atoms with E-state index in [4.69, 9.17) is 76.2 Å². The van der Waals surface area contributed by atoms with Crippen LogP contribution in [0.4, 0.5) is 61.5 Å². The van der Waals surface area contributed by atoms with Crippen molar-refractivity contribution in [1.29, 1.82) is 0 Å². The van der Waals surface area contributed by atoms with E-state index < -0.39 is 91.3 Å². The summed E-state index contributed by atoms with van der Waals surface area (Å²) in [6.45, 7) is 1.56. The summed E-state index contributed by atoms with van der Waals surface area (Å²) < 4.78 is 274. The molecule has 0 bridgehead atoms. The maximum atomic E-state index is 13.5. The number of nitrogens with two attached hydrogens (primary N) is 1. The molecule has 4 fully saturated rings. The normalized spacial score (nSPS) is 20.0. The summed E-state index contributed by atoms with van der Waals surface area (Å²) in [6.07, 6.45) is -12.0. The van der Waals surface area contributed by atoms with Gasteiger partial charge in [-0.05, 0) is 100 Å². The van der Waals surface area contributed by atoms with Crippen LogP contribution in [-0.4, -0.2) is 233 Å². The lowest BCUT2D eigenvalue weighted by molar-refractivity contribution is -0.176. The molecule has 4 saturated heterocycles. The van der Waals surface area contributed by atoms with Crippen molar-refractivity contribution in [2.24, 2.45) is 17.6 Å². The first kappa shape index (κ1) is 95.1. The molecule has 638 valence electrons. The van der Waals surface area contributed by atoms with Crippen molar-refractivity contribution in [2.75, 3.05) is 125 Å². The summed E-state index contributed by atoms with van der Waals surface area (Å²) in [5, 5.41) is 48.2. The van der Waals surface area contributed by atoms with Crippen LogP contribution in [0.2, 0.25) is 0 Å². The van der Waals surface area contributed by atoms with Crippen molar-refractivity contribution in [3.63, 3.8) is 0 Å². The fraction of sp³-hybridized carbons (Fsp3) is 0.662. The minimum Gasteiger partial charge on any atom is -0.484 e. The van der Waals surface area contributed by atoms with Crippen LogP contribution in [0.15, 0.2) is 59.3 Å². The topological polar surface area (TPSA) is 422 Å². The Balaban J connectivity index is 0.000000253. The first-order valence-corrected chi connectivity index (χ1v) is 36.2. The van der Waals surface area contributed by atoms with Crippen LogP contribution in [0.5, 0.6) is 29.7 Å². The number of aliphatic hydroxyl groups excluding tert-OH is 1. The number of carbonyl (C=O) groups is 2. The molecule has 6 aromatic rings. The van der Waals surface area contributed by atoms with Gasteiger partial charge in [0.1, 0.15) is 93.8 Å². The third-order valence-electron chi connectivity index (χ3n) is 14.7. The number of nitrogens with one attached hydrogen (secondary N) is 1. The molecular formula is C65H86F14N10O23S. The van der Waals surface area contributed by atoms with Crippen molar-refractivity contribution in [1.82, 2.24) is 46.1 Å². The van der Waals surface area contributed by atoms with Gasteiger partial charge in [0.2, 0.25) is 33.4 Å². The number of aryl methyl sites for hydroxylation is 2. The third kappa shape index (κ3) is 40.4. The van der Waals surface area contributed by atoms with Gasteiger partial charge in [0.25, 0.3) is 5.91 Å². The summed E-state index contributed by atoms with van der Waals surface area (Å²) in [5.74, 6) is 0.264. The monoisotopic (exact) mass is 1670 g/mol. The van der Waals surface area contributed by atoms with Gasteiger partial charge in [-0.15, -0.1) is 20.4 Å². The van der Waals surface area contributed by atoms with Crippen LogP contribution in [-0.2, 0) is 57.3 Å². The van der Waals surface area contributed by atoms with E-state index in [9.17, 15) is 79.5 Å². The van der Waals surface area contributed by atoms with E-state index in [2.05, 4.69) is 78.9 Å². The number of hydrogen-bond donors (Lipinski definition) is 4. The molecule has 5 N–H and O–H groups in total. The summed E-state index contributed by atoms with van der Waals surface area (Å²) in [5.41, 5.74) is 6.68. The highest BCUT2D eigenvalue weighted by Gasteiger charge is 2.34. The van der Waals surface area contributed by atoms with E-state index in [1.807, 2.05) is 0 Å². The number of aromatic nitrogens is 8. The van der Waals surface area contributed by atoms with E-state index in [0.717, 1.165) is 44.4 Å². The molecule has 10 rings (SSSR count). The molecule has 1 amide bonds. The van der Waals surface area contributed by atoms with Crippen LogP contribution in [0.3, 0.4) is 0 Å². The SMILES string of the molecule is C[C@@H]1CC[C@@H](c2nnc(OCCOCC(F)(F)F)o2)OC1.C[C@@H]1CC[C@@H](c2nnc(S(C)(=O)=O)o2)OC1.Cc1ccc(OCC(=O)N[C@@H]2CC[C@@H](c3nnc(OCCOCC(F)(F)F)o3)OC2)cc1F.Cc1ccc(OCC(=O)O)cc1F.N[C@@H]1CC[C@@H](c2nnc(OCCOCC(F)(F)F)o2)OC1.OCCOCC(F)(F)F. The average Bonchev–Trinajstić information content (AvgIpc) is 1.67. The second-order valence-electron chi connectivity index (χ2n) is 25.0. The number of alkyl halides is 12. The van der Waals surface area contributed by atoms with Crippen molar-refractivity contribution >= 4 is 21.7 Å². The molecule has 4 aliphatic rings. The molecule has 8 atom stereocenters. The lowest BCUT2D eigenvalue weighted by atomic mass is 10.0. The zero-order valence-electron chi connectivity index (χ0n) is 61.3. The number of carboxylic acids is 1. The molecule has 0 unspecified atom stereocenters. The quantitative estimate of drug-likeness (QED) is 0.0240. The molecule has 0 radical (unpaired) electrons. The van der Waals surface area contributed by atoms with Gasteiger partial charge >= 0.3 is 54.1 Å². The number of hydrogen-bond acceptors (Lipinski definition) is 31. The fourth-order valence-electron chi connectivity index (χ4n) is 9.18. The van der Waals surface area contributed by atoms with E-state index in [1.54, 1.807) is 26.0 Å². The van der Waals surface area contributed by atoms with Crippen molar-refractivity contribution in [3.8, 4) is 29.7 Å². The van der Waals surface area contributed by atoms with E-state index in [0.29, 0.717) is 67.9 Å². The van der Waals surface area contributed by atoms with Crippen LogP contribution in [0.1, 0.15) is 124 Å². The number of amides is 1. The number of carbonyl (C=O) groups excluding carboxylic acids is 1. The maximum Gasteiger partial charge on any atom is 0.414 e. The van der Waals surface area contributed by atoms with Crippen LogP contribution >= 0.6 is 0 Å². The Morgan fingerprint density at radius 2 is 0.850 bits per heavy atom. The van der Waals surface area contributed by atoms with Gasteiger partial charge in [-0.25, -0.2) is 22.0 Å². The van der Waals surface area contributed by atoms with Gasteiger partial charge in [-0.3, -0.25) is 4.79 Å². The van der Waals surface area contributed by atoms with Crippen LogP contribution < -0.4 is 34.7 Å². The number of aliphatic hydroxyl groups is 1. The minimum atomic E-state index is -4.40. The van der Waals surface area contributed by atoms with Crippen molar-refractivity contribution in [2.45, 2.75) is 145 Å². The van der Waals surface area contributed by atoms with Crippen molar-refractivity contribution < 1.29 is 169 Å². The molecule has 4 aromatic heterocycles. The van der Waals surface area contributed by atoms with E-state index >= 15 is 0 Å². The molecule has 0 spiro atoms. The third-order valence-corrected chi connectivity index (χ3v) is 15.5. The molecule has 0 saturated carbocycles. The maximum absolute atomic E-state index is 13.5. The molecule has 48 heteroatoms. The molecule has 33 nitrogen and oxygen atoms in total. The summed E-state index contributed by atoms with van der Waals surface area (Å²) in [7, 11) is -3.43. The van der Waals surface area contributed by atoms with E-state index in [-0.39, 0.29) is 155 Å². The Morgan fingerprint density at radius 3 is 1.18 bits per heavy atom. The van der Waals surface area contributed by atoms with Gasteiger partial charge in [-0.1, -0.05) is 46.4 Å². The Hall–Kier alpha value is -8.49. The molecule has 0 aliphatic carbocycles. The van der Waals surface area contributed by atoms with Crippen LogP contribution in [0, 0.1) is 37.3 Å². The number of rotatable bonds is 30. The Kier molecular flexibility index (Phi) is 39.9. The van der Waals surface area contributed by atoms with Gasteiger partial charge < -0.3 is 101 Å². The lowest BCUT2D eigenvalue weighted by Crippen LogP contribution is -2.43. The first-order valence-electron chi connectivity index (χ1n) is 34.3. The summed E-state index contributed by atoms with van der Waals surface area (Å²) in [4.78, 5) is 22.2. The number of halogens is 14. The van der Waals surface area contributed by atoms with Gasteiger partial charge in [0.15, 0.2) is 13.2 Å². The zero-order chi connectivity index (χ0) is 83.4. The standard InChI is InChI=1S/C20H23F4N3O6.C12H17F3N2O4.C11H16F3N3O4.C9H9FO3.C9H14N2O4S.C4H7F3O2/c1-12-2-4-14(8-15(12)21)31-10-17(28)25-13-3-5-16(32-9-13)18-26-27-19(33-18)30-7-6-29-11-20(22,23)24;1-8-2-3-9(20-6-8)10-16-17-11(21-10)19-5-4-18-7-12(13,14)15;12-11(13,14)6-18-3-4-19-10-17-16-9(21-10)8-2-1-7(15)5-20-8;1-6-2-3-7(4-8(6)10)13-5-9(11)12;1-6-3-4-7(14-5-6)8-10-11-9(15-8)16(2,12)13;5-4(6,7)3-9-2-1-8/h2,4,8,13,16H,3,5-7,9-11H2,1H3,(H,25,28);8-9H,2-7H2,1H3;7-8H,1-6,15H2;2-4H,5H2,1H3,(H,11,12);6-7H,3-5H2,1-2H3;8H,1-3H2/t13-,16+;8-,9+;7-,8+;;6-,7+;/m111.1./s1. The number of ether oxygens (including phenoxy) is 13. The first-order chi connectivity index (χ1) is 53.2. The molecule has 2 aromatic carbocycles. The zero-order valence-corrected chi connectivity index (χ0v) is 62.1. The second kappa shape index (κ2) is 47.4. The van der Waals surface area contributed by atoms with Crippen molar-refractivity contribution in [3.05, 3.63) is 82.7 Å². The fourth-order valence-corrected chi connectivity index (χ4v) is 9.60. The second-order valence-corrected chi connectivity index (χ2v) is 26.9. The number of nitrogens with zero attached hydrogens (tertiary/aromatic N) is 8. The Bertz CT molecular complexity index is 3730. The molecule has 4 aliphatic heterocycles. The highest BCUT2D eigenvalue weighted by atomic mass is 32.2. The number of benzene rings is 2. The Morgan fingerprint density at radius 1 is 0.487 bits per heavy atom. The average molecular weight is 1670 g/mol. The van der Waals surface area contributed by atoms with E-state index in [1.165, 1.54) is 18.2 Å². The lowest BCUT2D eigenvalue weighted by Gasteiger charge is -2.27. The predicted molar refractivity (Wildman–Crippen MR) is 352 cm³/mol. The van der Waals surface area contributed by atoms with Gasteiger partial charge in [0.05, 0.1) is 65.5 Å². The number of carboxylic acid groups (broad SMARTS) is 1. The van der Waals surface area contributed by atoms with Gasteiger partial charge in [-0.2, -0.15) is 52.7 Å². The summed E-state index contributed by atoms with van der Waals surface area (Å²) in [6, 6.07) is 8.34. The van der Waals surface area contributed by atoms with Gasteiger partial charge in [0, 0.05) is 24.4 Å². The summed E-state index contributed by atoms with van der Waals surface area (Å²) >= 11 is 0. The Labute approximate surface area is 635 Å². The predicted octanol–water partition coefficient (Wildman–Crippen LogP) is 9.73. The molecule has 8 heterocycles. The number of aliphatic carboxylic acids is 1. The highest BCUT2D eigenvalue weighted by Crippen LogP contribution is 2.34. The van der Waals surface area contributed by atoms with Crippen LogP contribution in [0.25, 0.3) is 0 Å².